The second kappa shape index (κ2) is 8.61. The first-order chi connectivity index (χ1) is 18.5. The van der Waals surface area contributed by atoms with Gasteiger partial charge in [0.05, 0.1) is 20.9 Å². The van der Waals surface area contributed by atoms with Crippen molar-refractivity contribution in [2.45, 2.75) is 101 Å². The summed E-state index contributed by atoms with van der Waals surface area (Å²) >= 11 is 2.97. The Morgan fingerprint density at radius 1 is 0.475 bits per heavy atom. The topological polar surface area (TPSA) is 90.9 Å². The van der Waals surface area contributed by atoms with E-state index in [0.29, 0.717) is 57.1 Å². The van der Waals surface area contributed by atoms with E-state index in [4.69, 9.17) is 37.9 Å². The fourth-order valence-corrected chi connectivity index (χ4v) is 6.65. The first-order valence-corrected chi connectivity index (χ1v) is 15.6. The first-order valence-electron chi connectivity index (χ1n) is 13.1. The summed E-state index contributed by atoms with van der Waals surface area (Å²) in [5.74, 6) is 0.501. The predicted molar refractivity (Wildman–Crippen MR) is 150 cm³/mol. The Kier molecular flexibility index (Phi) is 5.89. The lowest BCUT2D eigenvalue weighted by Crippen LogP contribution is -2.31. The standard InChI is InChI=1S/C29H34O9S2/c1-26(2)31-16-14(17-21(36-27(3,4)32-17)24(39-9)20(16)35-26)11-13(30)12-15-18-22(37-28(5,6)33-18)25(40-10)23-19(15)34-29(7,8)38-23/h11-12H2,1-10H3. The lowest BCUT2D eigenvalue weighted by Gasteiger charge is -2.19. The summed E-state index contributed by atoms with van der Waals surface area (Å²) < 4.78 is 49.6. The number of hydrogen-bond donors (Lipinski definition) is 0. The summed E-state index contributed by atoms with van der Waals surface area (Å²) in [5, 5.41) is 0. The monoisotopic (exact) mass is 590 g/mol. The van der Waals surface area contributed by atoms with Crippen LogP contribution in [-0.4, -0.2) is 41.4 Å². The second-order valence-corrected chi connectivity index (χ2v) is 13.6. The fourth-order valence-electron chi connectivity index (χ4n) is 5.37. The Balaban J connectivity index is 1.43. The SMILES string of the molecule is CSc1c2c(c(CC(=O)Cc3c4c(c(SC)c5c3OC(C)(C)O5)OC(C)(C)O4)c3c1OC(C)(C)O3)OC(C)(C)O2. The van der Waals surface area contributed by atoms with Crippen molar-refractivity contribution in [3.05, 3.63) is 11.1 Å². The molecule has 0 aromatic heterocycles. The van der Waals surface area contributed by atoms with Crippen molar-refractivity contribution < 1.29 is 42.7 Å². The normalized spacial score (nSPS) is 20.6. The molecular formula is C29H34O9S2. The molecule has 0 aliphatic carbocycles. The van der Waals surface area contributed by atoms with Gasteiger partial charge in [0.1, 0.15) is 5.78 Å². The van der Waals surface area contributed by atoms with E-state index in [1.165, 1.54) is 23.5 Å². The summed E-state index contributed by atoms with van der Waals surface area (Å²) in [6.07, 6.45) is 3.91. The Morgan fingerprint density at radius 3 is 0.925 bits per heavy atom. The summed E-state index contributed by atoms with van der Waals surface area (Å²) in [5.41, 5.74) is 1.18. The average Bonchev–Trinajstić information content (AvgIpc) is 3.52. The van der Waals surface area contributed by atoms with E-state index >= 15 is 0 Å². The average molecular weight is 591 g/mol. The van der Waals surface area contributed by atoms with Gasteiger partial charge in [0.15, 0.2) is 46.0 Å². The number of benzene rings is 2. The number of thioether (sulfide) groups is 2. The molecule has 0 N–H and O–H groups in total. The molecule has 4 aliphatic heterocycles. The van der Waals surface area contributed by atoms with E-state index in [2.05, 4.69) is 0 Å². The molecular weight excluding hydrogens is 556 g/mol. The van der Waals surface area contributed by atoms with Crippen LogP contribution in [0.4, 0.5) is 0 Å². The van der Waals surface area contributed by atoms with Crippen LogP contribution in [0.3, 0.4) is 0 Å². The Hall–Kier alpha value is -2.79. The van der Waals surface area contributed by atoms with E-state index in [0.717, 1.165) is 9.79 Å². The van der Waals surface area contributed by atoms with Gasteiger partial charge in [-0.25, -0.2) is 0 Å². The highest BCUT2D eigenvalue weighted by Gasteiger charge is 2.47. The number of ketones is 1. The van der Waals surface area contributed by atoms with E-state index in [9.17, 15) is 4.79 Å². The number of ether oxygens (including phenoxy) is 8. The summed E-state index contributed by atoms with van der Waals surface area (Å²) in [6.45, 7) is 14.6. The van der Waals surface area contributed by atoms with Crippen LogP contribution in [-0.2, 0) is 17.6 Å². The zero-order chi connectivity index (χ0) is 29.0. The highest BCUT2D eigenvalue weighted by atomic mass is 32.2. The van der Waals surface area contributed by atoms with Crippen LogP contribution < -0.4 is 37.9 Å². The zero-order valence-corrected chi connectivity index (χ0v) is 26.0. The van der Waals surface area contributed by atoms with E-state index in [-0.39, 0.29) is 18.6 Å². The lowest BCUT2D eigenvalue weighted by molar-refractivity contribution is -0.118. The van der Waals surface area contributed by atoms with E-state index in [1.807, 2.05) is 67.9 Å². The van der Waals surface area contributed by atoms with Crippen LogP contribution in [0.2, 0.25) is 0 Å². The van der Waals surface area contributed by atoms with Crippen LogP contribution in [0.15, 0.2) is 9.79 Å². The van der Waals surface area contributed by atoms with Gasteiger partial charge in [-0.15, -0.1) is 23.5 Å². The second-order valence-electron chi connectivity index (χ2n) is 12.0. The van der Waals surface area contributed by atoms with E-state index < -0.39 is 23.1 Å². The molecule has 4 heterocycles. The molecule has 0 saturated carbocycles. The molecule has 6 rings (SSSR count). The molecule has 216 valence electrons. The van der Waals surface area contributed by atoms with Gasteiger partial charge < -0.3 is 37.9 Å². The molecule has 0 radical (unpaired) electrons. The third kappa shape index (κ3) is 4.36. The number of hydrogen-bond acceptors (Lipinski definition) is 11. The third-order valence-electron chi connectivity index (χ3n) is 6.69. The molecule has 2 aromatic carbocycles. The number of fused-ring (bicyclic) bond motifs is 4. The van der Waals surface area contributed by atoms with Crippen LogP contribution in [0.25, 0.3) is 0 Å². The molecule has 0 amide bonds. The van der Waals surface area contributed by atoms with Crippen molar-refractivity contribution in [1.29, 1.82) is 0 Å². The van der Waals surface area contributed by atoms with Gasteiger partial charge in [-0.2, -0.15) is 0 Å². The highest BCUT2D eigenvalue weighted by Crippen LogP contribution is 2.61. The maximum Gasteiger partial charge on any atom is 0.246 e. The molecule has 2 aromatic rings. The van der Waals surface area contributed by atoms with Crippen LogP contribution in [0, 0.1) is 0 Å². The molecule has 9 nitrogen and oxygen atoms in total. The molecule has 4 aliphatic rings. The van der Waals surface area contributed by atoms with Crippen molar-refractivity contribution >= 4 is 29.3 Å². The van der Waals surface area contributed by atoms with Gasteiger partial charge in [-0.3, -0.25) is 4.79 Å². The quantitative estimate of drug-likeness (QED) is 0.345. The largest absolute Gasteiger partial charge is 0.449 e. The van der Waals surface area contributed by atoms with Crippen LogP contribution in [0.5, 0.6) is 46.0 Å². The lowest BCUT2D eigenvalue weighted by atomic mass is 9.98. The number of carbonyl (C=O) groups excluding carboxylic acids is 1. The van der Waals surface area contributed by atoms with Crippen molar-refractivity contribution in [3.8, 4) is 46.0 Å². The molecule has 0 bridgehead atoms. The fraction of sp³-hybridized carbons (Fsp3) is 0.552. The molecule has 11 heteroatoms. The third-order valence-corrected chi connectivity index (χ3v) is 8.24. The Bertz CT molecular complexity index is 1260. The Labute approximate surface area is 242 Å². The van der Waals surface area contributed by atoms with E-state index in [1.54, 1.807) is 0 Å². The molecule has 0 fully saturated rings. The summed E-state index contributed by atoms with van der Waals surface area (Å²) in [4.78, 5) is 15.5. The van der Waals surface area contributed by atoms with Crippen molar-refractivity contribution in [2.75, 3.05) is 12.5 Å². The molecule has 0 unspecified atom stereocenters. The summed E-state index contributed by atoms with van der Waals surface area (Å²) in [7, 11) is 0. The molecule has 0 spiro atoms. The zero-order valence-electron chi connectivity index (χ0n) is 24.4. The first kappa shape index (κ1) is 27.4. The Morgan fingerprint density at radius 2 is 0.700 bits per heavy atom. The van der Waals surface area contributed by atoms with Gasteiger partial charge in [-0.05, 0) is 12.5 Å². The van der Waals surface area contributed by atoms with Gasteiger partial charge in [0.2, 0.25) is 23.1 Å². The van der Waals surface area contributed by atoms with Gasteiger partial charge in [-0.1, -0.05) is 0 Å². The van der Waals surface area contributed by atoms with Crippen molar-refractivity contribution in [2.24, 2.45) is 0 Å². The molecule has 0 saturated heterocycles. The number of rotatable bonds is 6. The highest BCUT2D eigenvalue weighted by molar-refractivity contribution is 7.99. The van der Waals surface area contributed by atoms with Crippen LogP contribution >= 0.6 is 23.5 Å². The maximum absolute atomic E-state index is 13.9. The van der Waals surface area contributed by atoms with Crippen molar-refractivity contribution in [1.82, 2.24) is 0 Å². The minimum atomic E-state index is -0.905. The molecule has 0 atom stereocenters. The number of carbonyl (C=O) groups is 1. The van der Waals surface area contributed by atoms with Gasteiger partial charge in [0.25, 0.3) is 0 Å². The van der Waals surface area contributed by atoms with Crippen molar-refractivity contribution in [3.63, 3.8) is 0 Å². The minimum Gasteiger partial charge on any atom is -0.449 e. The minimum absolute atomic E-state index is 0.0144. The van der Waals surface area contributed by atoms with Crippen LogP contribution in [0.1, 0.15) is 66.5 Å². The smallest absolute Gasteiger partial charge is 0.246 e. The summed E-state index contributed by atoms with van der Waals surface area (Å²) in [6, 6.07) is 0. The molecule has 40 heavy (non-hydrogen) atoms. The maximum atomic E-state index is 13.9. The number of Topliss-reactive ketones (excluding diaryl/α,β-unsaturated/α-hetero) is 1. The van der Waals surface area contributed by atoms with Gasteiger partial charge >= 0.3 is 0 Å². The predicted octanol–water partition coefficient (Wildman–Crippen LogP) is 6.51. The van der Waals surface area contributed by atoms with Gasteiger partial charge in [0, 0.05) is 68.2 Å².